The Morgan fingerprint density at radius 1 is 0.771 bits per heavy atom. The van der Waals surface area contributed by atoms with Gasteiger partial charge in [0, 0.05) is 22.4 Å². The van der Waals surface area contributed by atoms with Crippen molar-refractivity contribution in [3.63, 3.8) is 0 Å². The molecule has 5 heteroatoms. The molecule has 1 aromatic heterocycles. The van der Waals surface area contributed by atoms with Gasteiger partial charge in [0.25, 0.3) is 5.91 Å². The molecule has 0 radical (unpaired) electrons. The number of carbonyl (C=O) groups is 1. The number of amides is 1. The van der Waals surface area contributed by atoms with Crippen molar-refractivity contribution in [1.29, 1.82) is 0 Å². The number of aromatic amines is 1. The lowest BCUT2D eigenvalue weighted by molar-refractivity contribution is -0.118. The first-order valence-corrected chi connectivity index (χ1v) is 11.5. The zero-order chi connectivity index (χ0) is 24.0. The van der Waals surface area contributed by atoms with E-state index in [1.54, 1.807) is 0 Å². The van der Waals surface area contributed by atoms with E-state index >= 15 is 0 Å². The van der Waals surface area contributed by atoms with Crippen LogP contribution in [-0.2, 0) is 4.79 Å². The number of imidazole rings is 1. The largest absolute Gasteiger partial charge is 0.484 e. The number of rotatable bonds is 7. The molecule has 0 unspecified atom stereocenters. The molecule has 2 N–H and O–H groups in total. The highest BCUT2D eigenvalue weighted by molar-refractivity contribution is 5.92. The summed E-state index contributed by atoms with van der Waals surface area (Å²) >= 11 is 0. The second-order valence-electron chi connectivity index (χ2n) is 8.22. The molecule has 5 aromatic rings. The first-order chi connectivity index (χ1) is 17.2. The number of benzene rings is 4. The summed E-state index contributed by atoms with van der Waals surface area (Å²) < 4.78 is 5.70. The molecule has 0 saturated heterocycles. The lowest BCUT2D eigenvalue weighted by Gasteiger charge is -2.09. The van der Waals surface area contributed by atoms with Crippen molar-refractivity contribution < 1.29 is 9.53 Å². The zero-order valence-electron chi connectivity index (χ0n) is 19.4. The van der Waals surface area contributed by atoms with Gasteiger partial charge in [0.05, 0.1) is 11.4 Å². The van der Waals surface area contributed by atoms with E-state index in [-0.39, 0.29) is 12.5 Å². The average Bonchev–Trinajstić information content (AvgIpc) is 3.36. The number of carbonyl (C=O) groups excluding carboxylic acids is 1. The number of nitrogens with one attached hydrogen (secondary N) is 2. The summed E-state index contributed by atoms with van der Waals surface area (Å²) in [6.45, 7) is 1.89. The van der Waals surface area contributed by atoms with Gasteiger partial charge in [-0.2, -0.15) is 0 Å². The van der Waals surface area contributed by atoms with Crippen molar-refractivity contribution in [2.45, 2.75) is 6.92 Å². The SMILES string of the molecule is Cc1ccccc1NC(=O)COc1ccc(-c2nc(-c3ccccc3)c(-c3ccccc3)[nH]2)cc1. The fourth-order valence-electron chi connectivity index (χ4n) is 3.89. The molecule has 35 heavy (non-hydrogen) atoms. The summed E-state index contributed by atoms with van der Waals surface area (Å²) in [7, 11) is 0. The normalized spacial score (nSPS) is 10.7. The number of aromatic nitrogens is 2. The number of hydrogen-bond acceptors (Lipinski definition) is 3. The Balaban J connectivity index is 1.33. The monoisotopic (exact) mass is 459 g/mol. The highest BCUT2D eigenvalue weighted by Gasteiger charge is 2.15. The number of anilines is 1. The van der Waals surface area contributed by atoms with Crippen LogP contribution < -0.4 is 10.1 Å². The maximum Gasteiger partial charge on any atom is 0.262 e. The van der Waals surface area contributed by atoms with Gasteiger partial charge in [0.2, 0.25) is 0 Å². The third-order valence-electron chi connectivity index (χ3n) is 5.73. The summed E-state index contributed by atoms with van der Waals surface area (Å²) in [5.41, 5.74) is 6.73. The van der Waals surface area contributed by atoms with Gasteiger partial charge >= 0.3 is 0 Å². The minimum absolute atomic E-state index is 0.0647. The van der Waals surface area contributed by atoms with Crippen LogP contribution in [0.3, 0.4) is 0 Å². The molecule has 5 rings (SSSR count). The number of ether oxygens (including phenoxy) is 1. The minimum atomic E-state index is -0.200. The van der Waals surface area contributed by atoms with Crippen LogP contribution in [0.2, 0.25) is 0 Å². The number of H-pyrrole nitrogens is 1. The van der Waals surface area contributed by atoms with E-state index in [2.05, 4.69) is 34.6 Å². The van der Waals surface area contributed by atoms with E-state index < -0.39 is 0 Å². The van der Waals surface area contributed by atoms with Crippen molar-refractivity contribution >= 4 is 11.6 Å². The van der Waals surface area contributed by atoms with Gasteiger partial charge in [-0.05, 0) is 42.8 Å². The molecule has 0 aliphatic rings. The van der Waals surface area contributed by atoms with E-state index in [4.69, 9.17) is 9.72 Å². The highest BCUT2D eigenvalue weighted by Crippen LogP contribution is 2.33. The van der Waals surface area contributed by atoms with Crippen LogP contribution in [0.1, 0.15) is 5.56 Å². The van der Waals surface area contributed by atoms with Crippen molar-refractivity contribution in [3.05, 3.63) is 115 Å². The highest BCUT2D eigenvalue weighted by atomic mass is 16.5. The molecule has 1 heterocycles. The molecular formula is C30H25N3O2. The Morgan fingerprint density at radius 3 is 2.09 bits per heavy atom. The van der Waals surface area contributed by atoms with Crippen molar-refractivity contribution in [2.75, 3.05) is 11.9 Å². The molecule has 0 fully saturated rings. The third-order valence-corrected chi connectivity index (χ3v) is 5.73. The van der Waals surface area contributed by atoms with Crippen molar-refractivity contribution in [1.82, 2.24) is 9.97 Å². The second-order valence-corrected chi connectivity index (χ2v) is 8.22. The van der Waals surface area contributed by atoms with Crippen LogP contribution in [0.5, 0.6) is 5.75 Å². The number of hydrogen-bond donors (Lipinski definition) is 2. The molecule has 1 amide bonds. The van der Waals surface area contributed by atoms with Crippen LogP contribution in [0.15, 0.2) is 109 Å². The van der Waals surface area contributed by atoms with E-state index in [9.17, 15) is 4.79 Å². The molecule has 0 aliphatic carbocycles. The fourth-order valence-corrected chi connectivity index (χ4v) is 3.89. The topological polar surface area (TPSA) is 67.0 Å². The number of aryl methyl sites for hydroxylation is 1. The van der Waals surface area contributed by atoms with E-state index in [1.807, 2.05) is 91.9 Å². The first kappa shape index (κ1) is 22.2. The summed E-state index contributed by atoms with van der Waals surface area (Å²) in [6, 6.07) is 35.6. The van der Waals surface area contributed by atoms with Gasteiger partial charge in [-0.3, -0.25) is 4.79 Å². The first-order valence-electron chi connectivity index (χ1n) is 11.5. The second kappa shape index (κ2) is 10.1. The van der Waals surface area contributed by atoms with Crippen LogP contribution >= 0.6 is 0 Å². The third kappa shape index (κ3) is 5.14. The summed E-state index contributed by atoms with van der Waals surface area (Å²) in [5, 5.41) is 2.88. The van der Waals surface area contributed by atoms with Gasteiger partial charge in [0.15, 0.2) is 6.61 Å². The van der Waals surface area contributed by atoms with Crippen molar-refractivity contribution in [2.24, 2.45) is 0 Å². The number of nitrogens with zero attached hydrogens (tertiary/aromatic N) is 1. The molecule has 5 nitrogen and oxygen atoms in total. The molecule has 0 atom stereocenters. The summed E-state index contributed by atoms with van der Waals surface area (Å²) in [4.78, 5) is 20.7. The lowest BCUT2D eigenvalue weighted by atomic mass is 10.1. The molecule has 172 valence electrons. The van der Waals surface area contributed by atoms with Gasteiger partial charge in [-0.1, -0.05) is 78.9 Å². The Bertz CT molecular complexity index is 1370. The molecule has 0 aliphatic heterocycles. The molecule has 0 spiro atoms. The van der Waals surface area contributed by atoms with E-state index in [1.165, 1.54) is 0 Å². The Kier molecular flexibility index (Phi) is 6.39. The Hall–Kier alpha value is -4.64. The minimum Gasteiger partial charge on any atom is -0.484 e. The summed E-state index contributed by atoms with van der Waals surface area (Å²) in [6.07, 6.45) is 0. The number of para-hydroxylation sites is 1. The predicted octanol–water partition coefficient (Wildman–Crippen LogP) is 6.74. The van der Waals surface area contributed by atoms with Gasteiger partial charge in [-0.25, -0.2) is 4.98 Å². The maximum absolute atomic E-state index is 12.3. The van der Waals surface area contributed by atoms with Crippen LogP contribution in [0.4, 0.5) is 5.69 Å². The summed E-state index contributed by atoms with van der Waals surface area (Å²) in [5.74, 6) is 1.19. The van der Waals surface area contributed by atoms with Crippen molar-refractivity contribution in [3.8, 4) is 39.7 Å². The zero-order valence-corrected chi connectivity index (χ0v) is 19.4. The van der Waals surface area contributed by atoms with E-state index in [0.29, 0.717) is 5.75 Å². The predicted molar refractivity (Wildman–Crippen MR) is 140 cm³/mol. The van der Waals surface area contributed by atoms with Crippen LogP contribution in [-0.4, -0.2) is 22.5 Å². The van der Waals surface area contributed by atoms with Gasteiger partial charge in [0.1, 0.15) is 11.6 Å². The van der Waals surface area contributed by atoms with Crippen LogP contribution in [0.25, 0.3) is 33.9 Å². The maximum atomic E-state index is 12.3. The van der Waals surface area contributed by atoms with Gasteiger partial charge in [-0.15, -0.1) is 0 Å². The Morgan fingerprint density at radius 2 is 1.40 bits per heavy atom. The standard InChI is InChI=1S/C30H25N3O2/c1-21-10-8-9-15-26(21)31-27(34)20-35-25-18-16-24(17-19-25)30-32-28(22-11-4-2-5-12-22)29(33-30)23-13-6-3-7-14-23/h2-19H,20H2,1H3,(H,31,34)(H,32,33). The molecule has 0 bridgehead atoms. The molecular weight excluding hydrogens is 434 g/mol. The quantitative estimate of drug-likeness (QED) is 0.283. The average molecular weight is 460 g/mol. The smallest absolute Gasteiger partial charge is 0.262 e. The Labute approximate surface area is 204 Å². The molecule has 4 aromatic carbocycles. The van der Waals surface area contributed by atoms with Crippen LogP contribution in [0, 0.1) is 6.92 Å². The van der Waals surface area contributed by atoms with E-state index in [0.717, 1.165) is 45.2 Å². The fraction of sp³-hybridized carbons (Fsp3) is 0.0667. The lowest BCUT2D eigenvalue weighted by Crippen LogP contribution is -2.20. The molecule has 0 saturated carbocycles. The van der Waals surface area contributed by atoms with Gasteiger partial charge < -0.3 is 15.0 Å².